The number of aryl methyl sites for hydroxylation is 1. The van der Waals surface area contributed by atoms with Crippen molar-refractivity contribution in [3.8, 4) is 0 Å². The predicted octanol–water partition coefficient (Wildman–Crippen LogP) is 2.24. The van der Waals surface area contributed by atoms with Crippen LogP contribution >= 0.6 is 11.3 Å². The normalized spacial score (nSPS) is 21.1. The molecule has 6 nitrogen and oxygen atoms in total. The molecule has 2 rings (SSSR count). The maximum Gasteiger partial charge on any atom is 0.327 e. The molecular weight excluding hydrogens is 290 g/mol. The summed E-state index contributed by atoms with van der Waals surface area (Å²) in [7, 11) is 0. The van der Waals surface area contributed by atoms with Crippen molar-refractivity contribution in [2.45, 2.75) is 46.2 Å². The molecule has 1 aromatic heterocycles. The molecule has 1 unspecified atom stereocenters. The first-order valence-corrected chi connectivity index (χ1v) is 7.81. The Kier molecular flexibility index (Phi) is 4.51. The van der Waals surface area contributed by atoms with E-state index in [2.05, 4.69) is 10.3 Å². The molecule has 1 aliphatic heterocycles. The molecule has 0 spiro atoms. The van der Waals surface area contributed by atoms with E-state index in [1.165, 1.54) is 16.2 Å². The number of nitrogens with one attached hydrogen (secondary N) is 1. The summed E-state index contributed by atoms with van der Waals surface area (Å²) in [4.78, 5) is 30.5. The third-order valence-electron chi connectivity index (χ3n) is 3.83. The van der Waals surface area contributed by atoms with Gasteiger partial charge in [0.25, 0.3) is 0 Å². The summed E-state index contributed by atoms with van der Waals surface area (Å²) in [6.45, 7) is 6.56. The summed E-state index contributed by atoms with van der Waals surface area (Å²) >= 11 is 1.52. The van der Waals surface area contributed by atoms with Gasteiger partial charge in [-0.05, 0) is 25.2 Å². The average Bonchev–Trinajstić information content (AvgIpc) is 2.79. The molecule has 1 saturated heterocycles. The van der Waals surface area contributed by atoms with E-state index in [1.807, 2.05) is 20.8 Å². The van der Waals surface area contributed by atoms with Crippen LogP contribution in [-0.2, 0) is 11.3 Å². The van der Waals surface area contributed by atoms with Gasteiger partial charge in [0.15, 0.2) is 0 Å². The van der Waals surface area contributed by atoms with Gasteiger partial charge in [-0.2, -0.15) is 0 Å². The summed E-state index contributed by atoms with van der Waals surface area (Å²) in [5, 5.41) is 13.0. The smallest absolute Gasteiger partial charge is 0.327 e. The maximum absolute atomic E-state index is 12.3. The van der Waals surface area contributed by atoms with Gasteiger partial charge >= 0.3 is 12.0 Å². The molecule has 2 heterocycles. The van der Waals surface area contributed by atoms with Gasteiger partial charge in [-0.15, -0.1) is 11.3 Å². The number of carbonyl (C=O) groups excluding carboxylic acids is 1. The molecule has 1 atom stereocenters. The monoisotopic (exact) mass is 311 g/mol. The molecule has 2 N–H and O–H groups in total. The maximum atomic E-state index is 12.3. The van der Waals surface area contributed by atoms with Crippen molar-refractivity contribution in [2.75, 3.05) is 6.54 Å². The summed E-state index contributed by atoms with van der Waals surface area (Å²) < 4.78 is 0. The fourth-order valence-corrected chi connectivity index (χ4v) is 3.54. The van der Waals surface area contributed by atoms with Crippen LogP contribution in [0.25, 0.3) is 0 Å². The average molecular weight is 311 g/mol. The minimum Gasteiger partial charge on any atom is -0.480 e. The highest BCUT2D eigenvalue weighted by molar-refractivity contribution is 7.11. The van der Waals surface area contributed by atoms with Crippen LogP contribution in [0.3, 0.4) is 0 Å². The molecule has 0 saturated carbocycles. The van der Waals surface area contributed by atoms with Crippen molar-refractivity contribution in [3.05, 3.63) is 16.1 Å². The topological polar surface area (TPSA) is 82.5 Å². The molecule has 2 amide bonds. The number of carboxylic acids is 1. The number of carbonyl (C=O) groups is 2. The van der Waals surface area contributed by atoms with Crippen molar-refractivity contribution in [1.82, 2.24) is 15.2 Å². The first kappa shape index (κ1) is 15.8. The number of aliphatic carboxylic acids is 1. The zero-order valence-electron chi connectivity index (χ0n) is 12.5. The van der Waals surface area contributed by atoms with Gasteiger partial charge in [-0.3, -0.25) is 0 Å². The van der Waals surface area contributed by atoms with Crippen molar-refractivity contribution < 1.29 is 14.7 Å². The van der Waals surface area contributed by atoms with E-state index >= 15 is 0 Å². The van der Waals surface area contributed by atoms with Crippen molar-refractivity contribution >= 4 is 23.3 Å². The molecule has 0 aliphatic carbocycles. The minimum atomic E-state index is -0.944. The molecule has 0 radical (unpaired) electrons. The number of rotatable bonds is 3. The molecule has 21 heavy (non-hydrogen) atoms. The number of hydrogen-bond donors (Lipinski definition) is 2. The lowest BCUT2D eigenvalue weighted by Crippen LogP contribution is -2.58. The van der Waals surface area contributed by atoms with Crippen LogP contribution < -0.4 is 5.32 Å². The zero-order valence-corrected chi connectivity index (χ0v) is 13.4. The fraction of sp³-hybridized carbons (Fsp3) is 0.643. The highest BCUT2D eigenvalue weighted by Crippen LogP contribution is 2.35. The van der Waals surface area contributed by atoms with E-state index < -0.39 is 17.4 Å². The van der Waals surface area contributed by atoms with Crippen LogP contribution in [-0.4, -0.2) is 39.6 Å². The third kappa shape index (κ3) is 3.53. The van der Waals surface area contributed by atoms with Crippen molar-refractivity contribution in [3.63, 3.8) is 0 Å². The lowest BCUT2D eigenvalue weighted by molar-refractivity contribution is -0.148. The van der Waals surface area contributed by atoms with Gasteiger partial charge in [-0.25, -0.2) is 14.6 Å². The Bertz CT molecular complexity index is 541. The van der Waals surface area contributed by atoms with Crippen LogP contribution in [0, 0.1) is 12.3 Å². The Morgan fingerprint density at radius 1 is 1.57 bits per heavy atom. The van der Waals surface area contributed by atoms with Crippen LogP contribution in [0.5, 0.6) is 0 Å². The zero-order chi connectivity index (χ0) is 15.6. The van der Waals surface area contributed by atoms with Gasteiger partial charge in [-0.1, -0.05) is 13.8 Å². The van der Waals surface area contributed by atoms with E-state index in [-0.39, 0.29) is 6.03 Å². The third-order valence-corrected chi connectivity index (χ3v) is 4.74. The Balaban J connectivity index is 2.04. The van der Waals surface area contributed by atoms with E-state index in [4.69, 9.17) is 0 Å². The Morgan fingerprint density at radius 3 is 2.86 bits per heavy atom. The first-order valence-electron chi connectivity index (χ1n) is 7.00. The van der Waals surface area contributed by atoms with E-state index in [1.54, 1.807) is 6.20 Å². The molecular formula is C14H21N3O3S. The number of amides is 2. The Labute approximate surface area is 128 Å². The van der Waals surface area contributed by atoms with Gasteiger partial charge in [0, 0.05) is 17.6 Å². The number of urea groups is 1. The number of carboxylic acid groups (broad SMARTS) is 1. The van der Waals surface area contributed by atoms with E-state index in [0.717, 1.165) is 22.7 Å². The van der Waals surface area contributed by atoms with Crippen LogP contribution in [0.4, 0.5) is 4.79 Å². The second-order valence-electron chi connectivity index (χ2n) is 6.05. The minimum absolute atomic E-state index is 0.331. The highest BCUT2D eigenvalue weighted by Gasteiger charge is 2.44. The van der Waals surface area contributed by atoms with Gasteiger partial charge in [0.05, 0.1) is 6.54 Å². The van der Waals surface area contributed by atoms with Crippen LogP contribution in [0.15, 0.2) is 6.20 Å². The molecule has 0 bridgehead atoms. The fourth-order valence-electron chi connectivity index (χ4n) is 2.82. The van der Waals surface area contributed by atoms with E-state index in [0.29, 0.717) is 13.1 Å². The number of nitrogens with zero attached hydrogens (tertiary/aromatic N) is 2. The first-order chi connectivity index (χ1) is 9.81. The van der Waals surface area contributed by atoms with E-state index in [9.17, 15) is 14.7 Å². The Hall–Kier alpha value is -1.63. The number of likely N-dealkylation sites (tertiary alicyclic amines) is 1. The number of hydrogen-bond acceptors (Lipinski definition) is 4. The largest absolute Gasteiger partial charge is 0.480 e. The standard InChI is InChI=1S/C14H21N3O3S/c1-9-7-15-10(21-9)8-16-13(20)17-6-4-5-14(2,3)11(17)12(18)19/h7,11H,4-6,8H2,1-3H3,(H,16,20)(H,18,19). The second-order valence-corrected chi connectivity index (χ2v) is 7.37. The molecule has 1 aromatic rings. The number of aromatic nitrogens is 1. The molecule has 1 fully saturated rings. The summed E-state index contributed by atoms with van der Waals surface area (Å²) in [5.74, 6) is -0.944. The number of piperidine rings is 1. The molecule has 1 aliphatic rings. The molecule has 7 heteroatoms. The number of thiazole rings is 1. The van der Waals surface area contributed by atoms with Gasteiger partial charge < -0.3 is 15.3 Å². The molecule has 0 aromatic carbocycles. The summed E-state index contributed by atoms with van der Waals surface area (Å²) in [6, 6.07) is -1.12. The lowest BCUT2D eigenvalue weighted by atomic mass is 9.76. The van der Waals surface area contributed by atoms with Crippen LogP contribution in [0.1, 0.15) is 36.6 Å². The lowest BCUT2D eigenvalue weighted by Gasteiger charge is -2.43. The summed E-state index contributed by atoms with van der Waals surface area (Å²) in [5.41, 5.74) is -0.417. The molecule has 116 valence electrons. The second kappa shape index (κ2) is 6.01. The summed E-state index contributed by atoms with van der Waals surface area (Å²) in [6.07, 6.45) is 3.39. The SMILES string of the molecule is Cc1cnc(CNC(=O)N2CCCC(C)(C)C2C(=O)O)s1. The van der Waals surface area contributed by atoms with Crippen molar-refractivity contribution in [1.29, 1.82) is 0 Å². The predicted molar refractivity (Wildman–Crippen MR) is 80.2 cm³/mol. The van der Waals surface area contributed by atoms with Crippen molar-refractivity contribution in [2.24, 2.45) is 5.41 Å². The van der Waals surface area contributed by atoms with Gasteiger partial charge in [0.2, 0.25) is 0 Å². The van der Waals surface area contributed by atoms with Crippen LogP contribution in [0.2, 0.25) is 0 Å². The quantitative estimate of drug-likeness (QED) is 0.897. The Morgan fingerprint density at radius 2 is 2.29 bits per heavy atom. The van der Waals surface area contributed by atoms with Gasteiger partial charge in [0.1, 0.15) is 11.0 Å². The highest BCUT2D eigenvalue weighted by atomic mass is 32.1.